The molecule has 0 radical (unpaired) electrons. The van der Waals surface area contributed by atoms with E-state index in [1.807, 2.05) is 18.2 Å². The first-order chi connectivity index (χ1) is 8.15. The second-order valence-electron chi connectivity index (χ2n) is 3.34. The molecule has 1 aromatic heterocycles. The molecular weight excluding hydrogens is 369 g/mol. The predicted molar refractivity (Wildman–Crippen MR) is 75.6 cm³/mol. The maximum Gasteiger partial charge on any atom is 0.128 e. The lowest BCUT2D eigenvalue weighted by atomic mass is 10.2. The van der Waals surface area contributed by atoms with Crippen molar-refractivity contribution >= 4 is 43.6 Å². The van der Waals surface area contributed by atoms with Crippen LogP contribution >= 0.6 is 43.6 Å². The van der Waals surface area contributed by atoms with Gasteiger partial charge in [0.25, 0.3) is 0 Å². The van der Waals surface area contributed by atoms with Crippen molar-refractivity contribution in [2.45, 2.75) is 10.8 Å². The van der Waals surface area contributed by atoms with Gasteiger partial charge in [-0.05, 0) is 45.8 Å². The fourth-order valence-electron chi connectivity index (χ4n) is 1.24. The fraction of sp³-hybridized carbons (Fsp3) is 0.0833. The van der Waals surface area contributed by atoms with Crippen LogP contribution in [0.4, 0.5) is 4.39 Å². The Morgan fingerprint density at radius 3 is 2.53 bits per heavy atom. The number of hydrogen-bond donors (Lipinski definition) is 0. The van der Waals surface area contributed by atoms with Crippen molar-refractivity contribution in [1.82, 2.24) is 4.98 Å². The molecule has 0 saturated heterocycles. The Morgan fingerprint density at radius 1 is 1.12 bits per heavy atom. The van der Waals surface area contributed by atoms with Gasteiger partial charge in [-0.2, -0.15) is 0 Å². The molecule has 2 aromatic rings. The molecule has 17 heavy (non-hydrogen) atoms. The van der Waals surface area contributed by atoms with Crippen LogP contribution in [0, 0.1) is 5.82 Å². The number of nitrogens with zero attached hydrogens (tertiary/aromatic N) is 1. The van der Waals surface area contributed by atoms with Crippen LogP contribution in [-0.4, -0.2) is 4.98 Å². The topological polar surface area (TPSA) is 12.9 Å². The third-order valence-corrected chi connectivity index (χ3v) is 4.05. The molecule has 0 N–H and O–H groups in total. The first-order valence-corrected chi connectivity index (χ1v) is 7.40. The van der Waals surface area contributed by atoms with E-state index in [0.29, 0.717) is 11.3 Å². The van der Waals surface area contributed by atoms with Crippen LogP contribution in [0.1, 0.15) is 5.56 Å². The van der Waals surface area contributed by atoms with Crippen molar-refractivity contribution in [2.75, 3.05) is 0 Å². The highest BCUT2D eigenvalue weighted by Crippen LogP contribution is 2.24. The predicted octanol–water partition coefficient (Wildman–Crippen LogP) is 5.04. The van der Waals surface area contributed by atoms with Gasteiger partial charge in [0, 0.05) is 20.9 Å². The Hall–Kier alpha value is -0.390. The molecule has 0 aliphatic carbocycles. The third-order valence-electron chi connectivity index (χ3n) is 2.09. The highest BCUT2D eigenvalue weighted by Gasteiger charge is 2.04. The molecule has 2 rings (SSSR count). The number of rotatable bonds is 3. The monoisotopic (exact) mass is 375 g/mol. The second kappa shape index (κ2) is 5.98. The maximum absolute atomic E-state index is 13.5. The van der Waals surface area contributed by atoms with Gasteiger partial charge in [-0.15, -0.1) is 11.8 Å². The van der Waals surface area contributed by atoms with E-state index in [9.17, 15) is 4.39 Å². The van der Waals surface area contributed by atoms with Crippen LogP contribution in [0.3, 0.4) is 0 Å². The smallest absolute Gasteiger partial charge is 0.128 e. The lowest BCUT2D eigenvalue weighted by molar-refractivity contribution is 0.616. The summed E-state index contributed by atoms with van der Waals surface area (Å²) in [4.78, 5) is 4.22. The maximum atomic E-state index is 13.5. The molecule has 0 spiro atoms. The van der Waals surface area contributed by atoms with Gasteiger partial charge in [0.05, 0.1) is 5.03 Å². The summed E-state index contributed by atoms with van der Waals surface area (Å²) >= 11 is 8.07. The molecule has 0 saturated carbocycles. The number of hydrogen-bond acceptors (Lipinski definition) is 2. The van der Waals surface area contributed by atoms with Crippen molar-refractivity contribution in [2.24, 2.45) is 0 Å². The van der Waals surface area contributed by atoms with E-state index >= 15 is 0 Å². The molecule has 0 aliphatic heterocycles. The average Bonchev–Trinajstić information content (AvgIpc) is 2.30. The van der Waals surface area contributed by atoms with Crippen LogP contribution in [0.15, 0.2) is 50.5 Å². The van der Waals surface area contributed by atoms with Gasteiger partial charge in [0.15, 0.2) is 0 Å². The molecule has 5 heteroatoms. The standard InChI is InChI=1S/C12H8Br2FNS/c13-9-2-1-8(11(15)5-9)7-17-12-4-3-10(14)6-16-12/h1-6H,7H2. The number of pyridine rings is 1. The van der Waals surface area contributed by atoms with E-state index in [1.54, 1.807) is 12.3 Å². The van der Waals surface area contributed by atoms with Crippen LogP contribution in [0.25, 0.3) is 0 Å². The van der Waals surface area contributed by atoms with Crippen molar-refractivity contribution in [3.63, 3.8) is 0 Å². The van der Waals surface area contributed by atoms with Crippen molar-refractivity contribution in [1.29, 1.82) is 0 Å². The van der Waals surface area contributed by atoms with Crippen LogP contribution < -0.4 is 0 Å². The number of halogens is 3. The first kappa shape index (κ1) is 13.1. The van der Waals surface area contributed by atoms with E-state index < -0.39 is 0 Å². The summed E-state index contributed by atoms with van der Waals surface area (Å²) in [6.07, 6.45) is 1.74. The minimum absolute atomic E-state index is 0.191. The third kappa shape index (κ3) is 3.79. The van der Waals surface area contributed by atoms with Crippen molar-refractivity contribution in [3.8, 4) is 0 Å². The molecule has 1 aromatic carbocycles. The zero-order chi connectivity index (χ0) is 12.3. The zero-order valence-electron chi connectivity index (χ0n) is 8.66. The van der Waals surface area contributed by atoms with Gasteiger partial charge >= 0.3 is 0 Å². The summed E-state index contributed by atoms with van der Waals surface area (Å²) in [5.74, 6) is 0.386. The van der Waals surface area contributed by atoms with E-state index in [1.165, 1.54) is 17.8 Å². The Morgan fingerprint density at radius 2 is 1.88 bits per heavy atom. The van der Waals surface area contributed by atoms with E-state index in [-0.39, 0.29) is 5.82 Å². The van der Waals surface area contributed by atoms with Gasteiger partial charge in [-0.25, -0.2) is 9.37 Å². The molecule has 1 nitrogen and oxygen atoms in total. The van der Waals surface area contributed by atoms with Crippen molar-refractivity contribution in [3.05, 3.63) is 56.9 Å². The first-order valence-electron chi connectivity index (χ1n) is 4.83. The molecule has 0 unspecified atom stereocenters. The SMILES string of the molecule is Fc1cc(Br)ccc1CSc1ccc(Br)cn1. The summed E-state index contributed by atoms with van der Waals surface area (Å²) in [6, 6.07) is 8.93. The lowest BCUT2D eigenvalue weighted by Gasteiger charge is -2.03. The highest BCUT2D eigenvalue weighted by molar-refractivity contribution is 9.10. The minimum Gasteiger partial charge on any atom is -0.249 e. The Balaban J connectivity index is 2.04. The van der Waals surface area contributed by atoms with E-state index in [4.69, 9.17) is 0 Å². The molecule has 88 valence electrons. The summed E-state index contributed by atoms with van der Waals surface area (Å²) in [5.41, 5.74) is 0.683. The Labute approximate surface area is 120 Å². The largest absolute Gasteiger partial charge is 0.249 e. The molecule has 0 fully saturated rings. The summed E-state index contributed by atoms with van der Waals surface area (Å²) in [7, 11) is 0. The lowest BCUT2D eigenvalue weighted by Crippen LogP contribution is -1.88. The van der Waals surface area contributed by atoms with Crippen LogP contribution in [-0.2, 0) is 5.75 Å². The van der Waals surface area contributed by atoms with Crippen LogP contribution in [0.5, 0.6) is 0 Å². The average molecular weight is 377 g/mol. The molecule has 0 atom stereocenters. The quantitative estimate of drug-likeness (QED) is 0.696. The number of aromatic nitrogens is 1. The van der Waals surface area contributed by atoms with Gasteiger partial charge in [0.1, 0.15) is 5.82 Å². The van der Waals surface area contributed by atoms with Gasteiger partial charge in [0.2, 0.25) is 0 Å². The van der Waals surface area contributed by atoms with E-state index in [0.717, 1.165) is 14.0 Å². The summed E-state index contributed by atoms with van der Waals surface area (Å²) in [6.45, 7) is 0. The number of benzene rings is 1. The second-order valence-corrected chi connectivity index (χ2v) is 6.17. The van der Waals surface area contributed by atoms with Gasteiger partial charge in [-0.3, -0.25) is 0 Å². The summed E-state index contributed by atoms with van der Waals surface area (Å²) < 4.78 is 15.2. The minimum atomic E-state index is -0.191. The molecular formula is C12H8Br2FNS. The molecule has 1 heterocycles. The van der Waals surface area contributed by atoms with E-state index in [2.05, 4.69) is 36.8 Å². The van der Waals surface area contributed by atoms with Gasteiger partial charge < -0.3 is 0 Å². The molecule has 0 amide bonds. The summed E-state index contributed by atoms with van der Waals surface area (Å²) in [5, 5.41) is 0.885. The Bertz CT molecular complexity index is 516. The van der Waals surface area contributed by atoms with Gasteiger partial charge in [-0.1, -0.05) is 22.0 Å². The Kier molecular flexibility index (Phi) is 4.59. The van der Waals surface area contributed by atoms with Crippen LogP contribution in [0.2, 0.25) is 0 Å². The number of thioether (sulfide) groups is 1. The molecule has 0 bridgehead atoms. The zero-order valence-corrected chi connectivity index (χ0v) is 12.6. The van der Waals surface area contributed by atoms with Crippen molar-refractivity contribution < 1.29 is 4.39 Å². The molecule has 0 aliphatic rings. The normalized spacial score (nSPS) is 10.5. The highest BCUT2D eigenvalue weighted by atomic mass is 79.9. The fourth-order valence-corrected chi connectivity index (χ4v) is 2.63.